The van der Waals surface area contributed by atoms with Gasteiger partial charge < -0.3 is 16.2 Å². The lowest BCUT2D eigenvalue weighted by atomic mass is 10.1. The van der Waals surface area contributed by atoms with Gasteiger partial charge >= 0.3 is 0 Å². The number of hydrogen-bond acceptors (Lipinski definition) is 3. The molecule has 1 aromatic carbocycles. The monoisotopic (exact) mass is 250 g/mol. The molecule has 0 saturated carbocycles. The van der Waals surface area contributed by atoms with E-state index < -0.39 is 0 Å². The Morgan fingerprint density at radius 1 is 1.28 bits per heavy atom. The van der Waals surface area contributed by atoms with E-state index in [0.717, 1.165) is 13.5 Å². The molecule has 0 radical (unpaired) electrons. The van der Waals surface area contributed by atoms with E-state index in [2.05, 4.69) is 5.32 Å². The third-order valence-corrected chi connectivity index (χ3v) is 2.20. The summed E-state index contributed by atoms with van der Waals surface area (Å²) in [7, 11) is 1.00. The fraction of sp³-hybridized carbons (Fsp3) is 0.357. The minimum atomic E-state index is 0.0746. The summed E-state index contributed by atoms with van der Waals surface area (Å²) in [5.41, 5.74) is 6.47. The van der Waals surface area contributed by atoms with Crippen LogP contribution >= 0.6 is 0 Å². The van der Waals surface area contributed by atoms with Gasteiger partial charge in [0.15, 0.2) is 0 Å². The number of aryl methyl sites for hydroxylation is 1. The summed E-state index contributed by atoms with van der Waals surface area (Å²) in [5, 5.41) is 9.81. The van der Waals surface area contributed by atoms with Crippen LogP contribution in [0.2, 0.25) is 0 Å². The van der Waals surface area contributed by atoms with Crippen molar-refractivity contribution >= 4 is 5.91 Å². The molecule has 0 aliphatic carbocycles. The van der Waals surface area contributed by atoms with E-state index in [1.54, 1.807) is 0 Å². The molecule has 0 heterocycles. The van der Waals surface area contributed by atoms with Gasteiger partial charge in [-0.15, -0.1) is 0 Å². The van der Waals surface area contributed by atoms with Crippen LogP contribution in [0.15, 0.2) is 42.5 Å². The highest BCUT2D eigenvalue weighted by Gasteiger charge is 1.99. The number of benzene rings is 1. The third-order valence-electron chi connectivity index (χ3n) is 2.20. The number of nitrogens with one attached hydrogen (secondary N) is 1. The summed E-state index contributed by atoms with van der Waals surface area (Å²) in [6.45, 7) is 1.07. The second-order valence-corrected chi connectivity index (χ2v) is 3.50. The Balaban J connectivity index is 0.00000137. The Bertz CT molecular complexity index is 337. The molecule has 0 bridgehead atoms. The molecule has 0 spiro atoms. The number of amides is 1. The summed E-state index contributed by atoms with van der Waals surface area (Å²) < 4.78 is 0. The molecule has 18 heavy (non-hydrogen) atoms. The Morgan fingerprint density at radius 2 is 1.94 bits per heavy atom. The fourth-order valence-corrected chi connectivity index (χ4v) is 1.34. The Labute approximate surface area is 109 Å². The molecule has 0 fully saturated rings. The summed E-state index contributed by atoms with van der Waals surface area (Å²) in [6.07, 6.45) is 5.01. The Hall–Kier alpha value is -1.65. The first kappa shape index (κ1) is 16.4. The number of aliphatic hydroxyl groups is 1. The van der Waals surface area contributed by atoms with E-state index in [9.17, 15) is 4.79 Å². The van der Waals surface area contributed by atoms with E-state index >= 15 is 0 Å². The highest BCUT2D eigenvalue weighted by molar-refractivity contribution is 5.76. The lowest BCUT2D eigenvalue weighted by Crippen LogP contribution is -2.23. The van der Waals surface area contributed by atoms with E-state index in [0.29, 0.717) is 19.5 Å². The van der Waals surface area contributed by atoms with Gasteiger partial charge in [-0.2, -0.15) is 0 Å². The number of carbonyl (C=O) groups excluding carboxylic acids is 1. The Morgan fingerprint density at radius 3 is 2.56 bits per heavy atom. The lowest BCUT2D eigenvalue weighted by molar-refractivity contribution is -0.120. The van der Waals surface area contributed by atoms with E-state index in [1.165, 1.54) is 5.56 Å². The van der Waals surface area contributed by atoms with Crippen molar-refractivity contribution in [2.75, 3.05) is 20.2 Å². The predicted molar refractivity (Wildman–Crippen MR) is 74.1 cm³/mol. The molecule has 0 atom stereocenters. The number of carbonyl (C=O) groups is 1. The molecule has 0 saturated heterocycles. The standard InChI is InChI=1S/C13H18N2O.CH4O/c14-10-4-5-11-15-13(16)9-8-12-6-2-1-3-7-12;1-2/h1-7H,8-11,14H2,(H,15,16);2H,1H3/b5-4+;. The summed E-state index contributed by atoms with van der Waals surface area (Å²) in [6, 6.07) is 10.00. The maximum Gasteiger partial charge on any atom is 0.220 e. The van der Waals surface area contributed by atoms with E-state index in [1.807, 2.05) is 42.5 Å². The average Bonchev–Trinajstić information content (AvgIpc) is 2.45. The van der Waals surface area contributed by atoms with Gasteiger partial charge in [0.1, 0.15) is 0 Å². The maximum absolute atomic E-state index is 11.4. The van der Waals surface area contributed by atoms with Crippen LogP contribution in [0.1, 0.15) is 12.0 Å². The van der Waals surface area contributed by atoms with Gasteiger partial charge in [-0.25, -0.2) is 0 Å². The van der Waals surface area contributed by atoms with Crippen molar-refractivity contribution in [2.45, 2.75) is 12.8 Å². The first-order valence-electron chi connectivity index (χ1n) is 5.93. The van der Waals surface area contributed by atoms with Gasteiger partial charge in [0, 0.05) is 26.6 Å². The van der Waals surface area contributed by atoms with Gasteiger partial charge in [-0.05, 0) is 12.0 Å². The molecule has 4 heteroatoms. The van der Waals surface area contributed by atoms with Gasteiger partial charge in [0.05, 0.1) is 0 Å². The second kappa shape index (κ2) is 11.8. The number of nitrogens with two attached hydrogens (primary N) is 1. The zero-order valence-corrected chi connectivity index (χ0v) is 10.8. The van der Waals surface area contributed by atoms with Crippen molar-refractivity contribution in [2.24, 2.45) is 5.73 Å². The molecule has 0 aromatic heterocycles. The molecule has 0 aliphatic rings. The normalized spacial score (nSPS) is 9.72. The SMILES string of the molecule is CO.NC/C=C/CNC(=O)CCc1ccccc1. The minimum Gasteiger partial charge on any atom is -0.400 e. The van der Waals surface area contributed by atoms with Crippen LogP contribution in [0.4, 0.5) is 0 Å². The molecule has 1 rings (SSSR count). The zero-order valence-electron chi connectivity index (χ0n) is 10.8. The maximum atomic E-state index is 11.4. The van der Waals surface area contributed by atoms with Crippen LogP contribution in [0.25, 0.3) is 0 Å². The first-order valence-corrected chi connectivity index (χ1v) is 5.93. The molecular formula is C14H22N2O2. The van der Waals surface area contributed by atoms with Crippen LogP contribution in [-0.4, -0.2) is 31.2 Å². The van der Waals surface area contributed by atoms with Gasteiger partial charge in [-0.3, -0.25) is 4.79 Å². The largest absolute Gasteiger partial charge is 0.400 e. The Kier molecular flexibility index (Phi) is 10.7. The third kappa shape index (κ3) is 8.50. The number of aliphatic hydroxyl groups excluding tert-OH is 1. The van der Waals surface area contributed by atoms with Crippen molar-refractivity contribution in [1.29, 1.82) is 0 Å². The van der Waals surface area contributed by atoms with E-state index in [4.69, 9.17) is 10.8 Å². The molecule has 100 valence electrons. The smallest absolute Gasteiger partial charge is 0.220 e. The van der Waals surface area contributed by atoms with Crippen molar-refractivity contribution in [1.82, 2.24) is 5.32 Å². The molecule has 4 nitrogen and oxygen atoms in total. The quantitative estimate of drug-likeness (QED) is 0.655. The molecule has 4 N–H and O–H groups in total. The average molecular weight is 250 g/mol. The van der Waals surface area contributed by atoms with Crippen molar-refractivity contribution in [3.05, 3.63) is 48.0 Å². The van der Waals surface area contributed by atoms with Crippen molar-refractivity contribution in [3.8, 4) is 0 Å². The fourth-order valence-electron chi connectivity index (χ4n) is 1.34. The first-order chi connectivity index (χ1) is 8.83. The molecule has 1 amide bonds. The summed E-state index contributed by atoms with van der Waals surface area (Å²) >= 11 is 0. The van der Waals surface area contributed by atoms with Crippen molar-refractivity contribution in [3.63, 3.8) is 0 Å². The number of hydrogen-bond donors (Lipinski definition) is 3. The van der Waals surface area contributed by atoms with Crippen LogP contribution < -0.4 is 11.1 Å². The van der Waals surface area contributed by atoms with Crippen LogP contribution in [0, 0.1) is 0 Å². The number of rotatable bonds is 6. The predicted octanol–water partition coefficient (Wildman–Crippen LogP) is 0.859. The van der Waals surface area contributed by atoms with Gasteiger partial charge in [0.25, 0.3) is 0 Å². The highest BCUT2D eigenvalue weighted by atomic mass is 16.2. The minimum absolute atomic E-state index is 0.0746. The molecular weight excluding hydrogens is 228 g/mol. The van der Waals surface area contributed by atoms with Crippen LogP contribution in [-0.2, 0) is 11.2 Å². The van der Waals surface area contributed by atoms with Crippen molar-refractivity contribution < 1.29 is 9.90 Å². The molecule has 0 aliphatic heterocycles. The second-order valence-electron chi connectivity index (χ2n) is 3.50. The molecule has 0 unspecified atom stereocenters. The van der Waals surface area contributed by atoms with Gasteiger partial charge in [0.2, 0.25) is 5.91 Å². The van der Waals surface area contributed by atoms with Crippen LogP contribution in [0.5, 0.6) is 0 Å². The van der Waals surface area contributed by atoms with Gasteiger partial charge in [-0.1, -0.05) is 42.5 Å². The zero-order chi connectivity index (χ0) is 13.6. The topological polar surface area (TPSA) is 75.3 Å². The van der Waals surface area contributed by atoms with E-state index in [-0.39, 0.29) is 5.91 Å². The molecule has 1 aromatic rings. The summed E-state index contributed by atoms with van der Waals surface area (Å²) in [5.74, 6) is 0.0746. The lowest BCUT2D eigenvalue weighted by Gasteiger charge is -2.02. The summed E-state index contributed by atoms with van der Waals surface area (Å²) in [4.78, 5) is 11.4. The highest BCUT2D eigenvalue weighted by Crippen LogP contribution is 2.01. The van der Waals surface area contributed by atoms with Crippen LogP contribution in [0.3, 0.4) is 0 Å².